The van der Waals surface area contributed by atoms with Crippen molar-refractivity contribution in [2.24, 2.45) is 46.3 Å². The molecule has 47 heavy (non-hydrogen) atoms. The van der Waals surface area contributed by atoms with Gasteiger partial charge in [0.25, 0.3) is 0 Å². The van der Waals surface area contributed by atoms with Gasteiger partial charge in [0.2, 0.25) is 11.8 Å². The summed E-state index contributed by atoms with van der Waals surface area (Å²) in [5, 5.41) is 22.3. The number of carbonyl (C=O) groups is 2. The highest BCUT2D eigenvalue weighted by molar-refractivity contribution is 5.88. The third-order valence-corrected chi connectivity index (χ3v) is 14.9. The maximum Gasteiger partial charge on any atom is 0.245 e. The van der Waals surface area contributed by atoms with Crippen molar-refractivity contribution < 1.29 is 19.8 Å². The molecule has 2 amide bonds. The zero-order valence-electron chi connectivity index (χ0n) is 29.7. The van der Waals surface area contributed by atoms with Crippen molar-refractivity contribution >= 4 is 11.8 Å². The van der Waals surface area contributed by atoms with Gasteiger partial charge in [-0.1, -0.05) is 52.0 Å². The molecule has 6 aliphatic rings. The van der Waals surface area contributed by atoms with E-state index in [1.165, 1.54) is 44.1 Å². The maximum atomic E-state index is 14.1. The van der Waals surface area contributed by atoms with Gasteiger partial charge in [0.05, 0.1) is 12.2 Å². The molecule has 260 valence electrons. The summed E-state index contributed by atoms with van der Waals surface area (Å²) in [7, 11) is 0. The molecule has 1 aromatic rings. The highest BCUT2D eigenvalue weighted by Gasteiger charge is 2.62. The number of nitrogens with zero attached hydrogens (tertiary/aromatic N) is 3. The second-order valence-corrected chi connectivity index (χ2v) is 17.7. The Balaban J connectivity index is 1.03. The van der Waals surface area contributed by atoms with Gasteiger partial charge in [0.15, 0.2) is 0 Å². The molecule has 1 saturated heterocycles. The lowest BCUT2D eigenvalue weighted by atomic mass is 9.44. The first-order chi connectivity index (χ1) is 22.4. The molecule has 7 nitrogen and oxygen atoms in total. The minimum atomic E-state index is -0.442. The van der Waals surface area contributed by atoms with Crippen LogP contribution in [-0.4, -0.2) is 87.2 Å². The van der Waals surface area contributed by atoms with Gasteiger partial charge < -0.3 is 20.0 Å². The molecule has 11 atom stereocenters. The Morgan fingerprint density at radius 3 is 2.32 bits per heavy atom. The first-order valence-electron chi connectivity index (χ1n) is 19.2. The lowest BCUT2D eigenvalue weighted by Crippen LogP contribution is -2.63. The second-order valence-electron chi connectivity index (χ2n) is 17.7. The van der Waals surface area contributed by atoms with Crippen LogP contribution in [0.25, 0.3) is 0 Å². The minimum absolute atomic E-state index is 0.0763. The topological polar surface area (TPSA) is 84.3 Å². The van der Waals surface area contributed by atoms with Gasteiger partial charge in [-0.15, -0.1) is 0 Å². The molecule has 2 N–H and O–H groups in total. The first kappa shape index (κ1) is 33.5. The van der Waals surface area contributed by atoms with Crippen LogP contribution in [0.3, 0.4) is 0 Å². The van der Waals surface area contributed by atoms with Crippen molar-refractivity contribution in [1.29, 1.82) is 0 Å². The lowest BCUT2D eigenvalue weighted by Gasteiger charge is -2.63. The lowest BCUT2D eigenvalue weighted by molar-refractivity contribution is -0.158. The fourth-order valence-corrected chi connectivity index (χ4v) is 12.4. The third kappa shape index (κ3) is 5.78. The number of piperazine rings is 1. The van der Waals surface area contributed by atoms with E-state index in [1.807, 2.05) is 28.9 Å². The van der Waals surface area contributed by atoms with Crippen LogP contribution < -0.4 is 0 Å². The average molecular weight is 648 g/mol. The maximum absolute atomic E-state index is 14.1. The van der Waals surface area contributed by atoms with E-state index in [1.54, 1.807) is 0 Å². The number of aliphatic hydroxyl groups is 2. The molecule has 4 aliphatic carbocycles. The summed E-state index contributed by atoms with van der Waals surface area (Å²) < 4.78 is 0. The van der Waals surface area contributed by atoms with Crippen molar-refractivity contribution in [2.75, 3.05) is 26.2 Å². The molecular formula is C40H61N3O4. The predicted molar refractivity (Wildman–Crippen MR) is 184 cm³/mol. The molecule has 0 spiro atoms. The summed E-state index contributed by atoms with van der Waals surface area (Å²) in [6.07, 6.45) is 9.91. The summed E-state index contributed by atoms with van der Waals surface area (Å²) in [5.41, 5.74) is 2.83. The van der Waals surface area contributed by atoms with E-state index in [4.69, 9.17) is 0 Å². The van der Waals surface area contributed by atoms with E-state index in [2.05, 4.69) is 44.7 Å². The van der Waals surface area contributed by atoms with Gasteiger partial charge in [-0.05, 0) is 116 Å². The summed E-state index contributed by atoms with van der Waals surface area (Å²) in [5.74, 6) is 3.59. The van der Waals surface area contributed by atoms with E-state index in [9.17, 15) is 19.8 Å². The van der Waals surface area contributed by atoms with Crippen molar-refractivity contribution in [2.45, 2.75) is 130 Å². The Labute approximate surface area is 283 Å². The van der Waals surface area contributed by atoms with Gasteiger partial charge in [-0.3, -0.25) is 14.5 Å². The van der Waals surface area contributed by atoms with Crippen LogP contribution in [-0.2, 0) is 22.6 Å². The first-order valence-corrected chi connectivity index (χ1v) is 19.2. The number of benzene rings is 1. The van der Waals surface area contributed by atoms with Crippen LogP contribution in [0.5, 0.6) is 0 Å². The van der Waals surface area contributed by atoms with Gasteiger partial charge in [-0.25, -0.2) is 0 Å². The zero-order valence-corrected chi connectivity index (χ0v) is 29.7. The summed E-state index contributed by atoms with van der Waals surface area (Å²) >= 11 is 0. The molecule has 7 rings (SSSR count). The number of carbonyl (C=O) groups excluding carboxylic acids is 2. The second kappa shape index (κ2) is 12.7. The molecule has 2 heterocycles. The van der Waals surface area contributed by atoms with Crippen LogP contribution in [0.15, 0.2) is 24.3 Å². The van der Waals surface area contributed by atoms with E-state index in [-0.39, 0.29) is 46.8 Å². The molecule has 0 unspecified atom stereocenters. The molecular weight excluding hydrogens is 586 g/mol. The standard InChI is InChI=1S/C40H61N3O4/c1-25(2)20-37(46)43-24-28-9-7-6-8-27(28)21-34(43)38(47)42-18-16-41(17-19-42)35-23-40(5)29(22-36(35)45)10-11-30-32-13-12-31(26(3)44)39(32,4)15-14-33(30)40/h6-9,25-26,29-36,44-45H,10-24H2,1-5H3/t26-,29+,30+,31-,32+,33+,34+,35+,36+,39-,40+/m1/s1. The molecule has 0 radical (unpaired) electrons. The minimum Gasteiger partial charge on any atom is -0.393 e. The van der Waals surface area contributed by atoms with Crippen LogP contribution in [0.1, 0.15) is 104 Å². The van der Waals surface area contributed by atoms with Gasteiger partial charge in [-0.2, -0.15) is 0 Å². The summed E-state index contributed by atoms with van der Waals surface area (Å²) in [4.78, 5) is 33.9. The van der Waals surface area contributed by atoms with Crippen LogP contribution in [0.2, 0.25) is 0 Å². The molecule has 7 heteroatoms. The van der Waals surface area contributed by atoms with Crippen molar-refractivity contribution in [3.63, 3.8) is 0 Å². The summed E-state index contributed by atoms with van der Waals surface area (Å²) in [6.45, 7) is 14.6. The van der Waals surface area contributed by atoms with E-state index in [0.717, 1.165) is 43.3 Å². The molecule has 5 fully saturated rings. The molecule has 2 aliphatic heterocycles. The Bertz CT molecular complexity index is 1320. The normalized spacial score (nSPS) is 41.1. The highest BCUT2D eigenvalue weighted by atomic mass is 16.3. The number of hydrogen-bond donors (Lipinski definition) is 2. The third-order valence-electron chi connectivity index (χ3n) is 14.9. The number of fused-ring (bicyclic) bond motifs is 6. The Morgan fingerprint density at radius 2 is 1.62 bits per heavy atom. The number of aliphatic hydroxyl groups excluding tert-OH is 2. The highest BCUT2D eigenvalue weighted by Crippen LogP contribution is 2.68. The van der Waals surface area contributed by atoms with Crippen LogP contribution in [0.4, 0.5) is 0 Å². The molecule has 0 aromatic heterocycles. The fourth-order valence-electron chi connectivity index (χ4n) is 12.4. The predicted octanol–water partition coefficient (Wildman–Crippen LogP) is 5.51. The SMILES string of the molecule is CC(C)CC(=O)N1Cc2ccccc2C[C@H]1C(=O)N1CCN([C@H]2C[C@@]3(C)[C@@H](CC[C@@H]4[C@@H]3CC[C@]3(C)[C@@H]([C@@H](C)O)CC[C@@H]43)C[C@@H]2O)CC1. The number of rotatable bonds is 5. The van der Waals surface area contributed by atoms with E-state index >= 15 is 0 Å². The molecule has 1 aromatic carbocycles. The fraction of sp³-hybridized carbons (Fsp3) is 0.800. The average Bonchev–Trinajstić information content (AvgIpc) is 3.41. The smallest absolute Gasteiger partial charge is 0.245 e. The van der Waals surface area contributed by atoms with Crippen molar-refractivity contribution in [3.05, 3.63) is 35.4 Å². The Kier molecular flexibility index (Phi) is 9.09. The summed E-state index contributed by atoms with van der Waals surface area (Å²) in [6, 6.07) is 7.95. The van der Waals surface area contributed by atoms with Gasteiger partial charge >= 0.3 is 0 Å². The van der Waals surface area contributed by atoms with Crippen molar-refractivity contribution in [1.82, 2.24) is 14.7 Å². The van der Waals surface area contributed by atoms with E-state index in [0.29, 0.717) is 50.2 Å². The monoisotopic (exact) mass is 647 g/mol. The van der Waals surface area contributed by atoms with Crippen molar-refractivity contribution in [3.8, 4) is 0 Å². The Morgan fingerprint density at radius 1 is 0.915 bits per heavy atom. The number of amides is 2. The van der Waals surface area contributed by atoms with Gasteiger partial charge in [0, 0.05) is 51.6 Å². The zero-order chi connectivity index (χ0) is 33.2. The largest absolute Gasteiger partial charge is 0.393 e. The van der Waals surface area contributed by atoms with Gasteiger partial charge in [0.1, 0.15) is 6.04 Å². The van der Waals surface area contributed by atoms with Crippen LogP contribution in [0, 0.1) is 46.3 Å². The van der Waals surface area contributed by atoms with E-state index < -0.39 is 6.04 Å². The Hall–Kier alpha value is -1.96. The van der Waals surface area contributed by atoms with Crippen LogP contribution >= 0.6 is 0 Å². The number of hydrogen-bond acceptors (Lipinski definition) is 5. The molecule has 0 bridgehead atoms. The molecule has 4 saturated carbocycles. The quantitative estimate of drug-likeness (QED) is 0.441.